The average Bonchev–Trinajstić information content (AvgIpc) is 2.40. The molecule has 1 aromatic carbocycles. The molecular weight excluding hydrogens is 274 g/mol. The Bertz CT molecular complexity index is 354. The number of benzene rings is 1. The maximum atomic E-state index is 9.77. The fraction of sp³-hybridized carbons (Fsp3) is 0.625. The van der Waals surface area contributed by atoms with Crippen molar-refractivity contribution in [1.82, 2.24) is 5.32 Å². The molecule has 1 aromatic rings. The van der Waals surface area contributed by atoms with Crippen LogP contribution in [-0.4, -0.2) is 31.0 Å². The van der Waals surface area contributed by atoms with E-state index in [-0.39, 0.29) is 0 Å². The zero-order chi connectivity index (χ0) is 14.8. The molecule has 0 fully saturated rings. The summed E-state index contributed by atoms with van der Waals surface area (Å²) in [7, 11) is 0. The van der Waals surface area contributed by atoms with Gasteiger partial charge < -0.3 is 15.2 Å². The summed E-state index contributed by atoms with van der Waals surface area (Å²) >= 11 is 5.82. The lowest BCUT2D eigenvalue weighted by Gasteiger charge is -2.13. The molecule has 1 atom stereocenters. The second-order valence-electron chi connectivity index (χ2n) is 5.52. The van der Waals surface area contributed by atoms with Gasteiger partial charge in [-0.1, -0.05) is 37.6 Å². The molecule has 3 nitrogen and oxygen atoms in total. The van der Waals surface area contributed by atoms with Crippen molar-refractivity contribution < 1.29 is 9.84 Å². The van der Waals surface area contributed by atoms with E-state index in [4.69, 9.17) is 16.3 Å². The molecule has 4 heteroatoms. The zero-order valence-corrected chi connectivity index (χ0v) is 13.2. The smallest absolute Gasteiger partial charge is 0.0897 e. The number of rotatable bonds is 10. The first-order chi connectivity index (χ1) is 9.58. The third-order valence-electron chi connectivity index (χ3n) is 3.00. The number of aliphatic hydroxyl groups is 1. The summed E-state index contributed by atoms with van der Waals surface area (Å²) in [4.78, 5) is 0. The third kappa shape index (κ3) is 8.54. The lowest BCUT2D eigenvalue weighted by molar-refractivity contribution is 0.0346. The molecule has 0 heterocycles. The van der Waals surface area contributed by atoms with E-state index < -0.39 is 6.10 Å². The van der Waals surface area contributed by atoms with Crippen molar-refractivity contribution in [1.29, 1.82) is 0 Å². The van der Waals surface area contributed by atoms with E-state index in [0.717, 1.165) is 30.2 Å². The fourth-order valence-corrected chi connectivity index (χ4v) is 1.98. The van der Waals surface area contributed by atoms with Crippen LogP contribution < -0.4 is 5.32 Å². The van der Waals surface area contributed by atoms with Crippen molar-refractivity contribution >= 4 is 11.6 Å². The van der Waals surface area contributed by atoms with Gasteiger partial charge in [-0.15, -0.1) is 0 Å². The van der Waals surface area contributed by atoms with E-state index in [1.807, 2.05) is 24.3 Å². The first-order valence-corrected chi connectivity index (χ1v) is 7.66. The van der Waals surface area contributed by atoms with Gasteiger partial charge in [0.1, 0.15) is 0 Å². The minimum atomic E-state index is -0.457. The van der Waals surface area contributed by atoms with Crippen LogP contribution in [-0.2, 0) is 11.3 Å². The maximum Gasteiger partial charge on any atom is 0.0897 e. The van der Waals surface area contributed by atoms with Crippen LogP contribution in [0.15, 0.2) is 24.3 Å². The number of ether oxygens (including phenoxy) is 1. The Hall–Kier alpha value is -0.610. The molecule has 0 saturated heterocycles. The predicted octanol–water partition coefficient (Wildman–Crippen LogP) is 3.24. The van der Waals surface area contributed by atoms with Crippen molar-refractivity contribution in [3.8, 4) is 0 Å². The van der Waals surface area contributed by atoms with Gasteiger partial charge in [-0.3, -0.25) is 0 Å². The van der Waals surface area contributed by atoms with Crippen LogP contribution in [0, 0.1) is 5.92 Å². The van der Waals surface area contributed by atoms with E-state index in [1.165, 1.54) is 6.42 Å². The molecule has 0 aliphatic heterocycles. The summed E-state index contributed by atoms with van der Waals surface area (Å²) in [6.07, 6.45) is 1.77. The van der Waals surface area contributed by atoms with Crippen LogP contribution in [0.1, 0.15) is 32.3 Å². The maximum absolute atomic E-state index is 9.77. The lowest BCUT2D eigenvalue weighted by Crippen LogP contribution is -2.30. The highest BCUT2D eigenvalue weighted by molar-refractivity contribution is 6.30. The van der Waals surface area contributed by atoms with E-state index in [2.05, 4.69) is 19.2 Å². The molecule has 0 aliphatic carbocycles. The molecule has 0 bridgehead atoms. The van der Waals surface area contributed by atoms with Crippen LogP contribution in [0.3, 0.4) is 0 Å². The predicted molar refractivity (Wildman–Crippen MR) is 84.1 cm³/mol. The Labute approximate surface area is 127 Å². The molecule has 2 N–H and O–H groups in total. The molecule has 1 unspecified atom stereocenters. The average molecular weight is 300 g/mol. The van der Waals surface area contributed by atoms with Crippen molar-refractivity contribution in [2.24, 2.45) is 5.92 Å². The van der Waals surface area contributed by atoms with Gasteiger partial charge in [-0.05, 0) is 36.5 Å². The molecule has 114 valence electrons. The molecule has 0 spiro atoms. The first kappa shape index (κ1) is 17.4. The Balaban J connectivity index is 2.02. The van der Waals surface area contributed by atoms with Crippen LogP contribution in [0.4, 0.5) is 0 Å². The summed E-state index contributed by atoms with van der Waals surface area (Å²) in [5, 5.41) is 13.7. The number of aliphatic hydroxyl groups excluding tert-OH is 1. The Morgan fingerprint density at radius 3 is 2.60 bits per heavy atom. The molecule has 0 saturated carbocycles. The molecule has 20 heavy (non-hydrogen) atoms. The monoisotopic (exact) mass is 299 g/mol. The molecule has 0 aromatic heterocycles. The normalized spacial score (nSPS) is 12.8. The minimum Gasteiger partial charge on any atom is -0.389 e. The van der Waals surface area contributed by atoms with Crippen LogP contribution in [0.5, 0.6) is 0 Å². The number of hydrogen-bond acceptors (Lipinski definition) is 3. The van der Waals surface area contributed by atoms with Gasteiger partial charge in [-0.2, -0.15) is 0 Å². The standard InChI is InChI=1S/C16H26ClNO2/c1-13(2)4-3-9-20-12-16(19)11-18-10-14-5-7-15(17)8-6-14/h5-8,13,16,18-19H,3-4,9-12H2,1-2H3. The highest BCUT2D eigenvalue weighted by Gasteiger charge is 2.04. The lowest BCUT2D eigenvalue weighted by atomic mass is 10.1. The van der Waals surface area contributed by atoms with Gasteiger partial charge in [0.25, 0.3) is 0 Å². The quantitative estimate of drug-likeness (QED) is 0.652. The number of nitrogens with one attached hydrogen (secondary N) is 1. The Morgan fingerprint density at radius 2 is 1.95 bits per heavy atom. The summed E-state index contributed by atoms with van der Waals surface area (Å²) in [6.45, 7) is 6.79. The van der Waals surface area contributed by atoms with Gasteiger partial charge in [0.05, 0.1) is 12.7 Å². The molecule has 0 amide bonds. The van der Waals surface area contributed by atoms with Crippen LogP contribution in [0.25, 0.3) is 0 Å². The highest BCUT2D eigenvalue weighted by Crippen LogP contribution is 2.09. The largest absolute Gasteiger partial charge is 0.389 e. The minimum absolute atomic E-state index is 0.395. The first-order valence-electron chi connectivity index (χ1n) is 7.29. The molecule has 0 aliphatic rings. The number of hydrogen-bond donors (Lipinski definition) is 2. The Kier molecular flexibility index (Phi) is 8.86. The molecular formula is C16H26ClNO2. The van der Waals surface area contributed by atoms with Crippen LogP contribution >= 0.6 is 11.6 Å². The van der Waals surface area contributed by atoms with E-state index >= 15 is 0 Å². The summed E-state index contributed by atoms with van der Waals surface area (Å²) in [5.74, 6) is 0.713. The van der Waals surface area contributed by atoms with E-state index in [0.29, 0.717) is 19.1 Å². The van der Waals surface area contributed by atoms with Crippen molar-refractivity contribution in [3.05, 3.63) is 34.9 Å². The van der Waals surface area contributed by atoms with Gasteiger partial charge in [0.15, 0.2) is 0 Å². The van der Waals surface area contributed by atoms with Crippen LogP contribution in [0.2, 0.25) is 5.02 Å². The van der Waals surface area contributed by atoms with Crippen molar-refractivity contribution in [3.63, 3.8) is 0 Å². The third-order valence-corrected chi connectivity index (χ3v) is 3.25. The summed E-state index contributed by atoms with van der Waals surface area (Å²) in [5.41, 5.74) is 1.15. The summed E-state index contributed by atoms with van der Waals surface area (Å²) in [6, 6.07) is 7.69. The van der Waals surface area contributed by atoms with E-state index in [1.54, 1.807) is 0 Å². The second-order valence-corrected chi connectivity index (χ2v) is 5.96. The van der Waals surface area contributed by atoms with Crippen molar-refractivity contribution in [2.75, 3.05) is 19.8 Å². The van der Waals surface area contributed by atoms with Gasteiger partial charge in [0, 0.05) is 24.7 Å². The fourth-order valence-electron chi connectivity index (χ4n) is 1.86. The van der Waals surface area contributed by atoms with Gasteiger partial charge in [0.2, 0.25) is 0 Å². The Morgan fingerprint density at radius 1 is 1.25 bits per heavy atom. The summed E-state index contributed by atoms with van der Waals surface area (Å²) < 4.78 is 5.46. The van der Waals surface area contributed by atoms with Gasteiger partial charge in [-0.25, -0.2) is 0 Å². The second kappa shape index (κ2) is 10.2. The SMILES string of the molecule is CC(C)CCCOCC(O)CNCc1ccc(Cl)cc1. The topological polar surface area (TPSA) is 41.5 Å². The number of halogens is 1. The molecule has 0 radical (unpaired) electrons. The zero-order valence-electron chi connectivity index (χ0n) is 12.4. The molecule has 1 rings (SSSR count). The van der Waals surface area contributed by atoms with Gasteiger partial charge >= 0.3 is 0 Å². The van der Waals surface area contributed by atoms with E-state index in [9.17, 15) is 5.11 Å². The van der Waals surface area contributed by atoms with Crippen molar-refractivity contribution in [2.45, 2.75) is 39.3 Å². The highest BCUT2D eigenvalue weighted by atomic mass is 35.5.